The summed E-state index contributed by atoms with van der Waals surface area (Å²) in [6.07, 6.45) is 0.896. The number of hydrogen-bond donors (Lipinski definition) is 1. The molecule has 0 saturated heterocycles. The maximum atomic E-state index is 10.5. The van der Waals surface area contributed by atoms with Gasteiger partial charge >= 0.3 is 0 Å². The van der Waals surface area contributed by atoms with Crippen LogP contribution in [0.5, 0.6) is 0 Å². The van der Waals surface area contributed by atoms with Gasteiger partial charge < -0.3 is 5.11 Å². The summed E-state index contributed by atoms with van der Waals surface area (Å²) in [7, 11) is 0. The van der Waals surface area contributed by atoms with Gasteiger partial charge in [-0.2, -0.15) is 0 Å². The van der Waals surface area contributed by atoms with Gasteiger partial charge in [-0.15, -0.1) is 11.3 Å². The Morgan fingerprint density at radius 1 is 1.11 bits per heavy atom. The van der Waals surface area contributed by atoms with E-state index in [9.17, 15) is 5.11 Å². The standard InChI is InChI=1S/C14H9Cl2NOS/c15-10-4-3-9(12-8(10)2-1-6-17-12)13(18)14-11(16)5-7-19-14/h1-7,13,18H. The quantitative estimate of drug-likeness (QED) is 0.745. The topological polar surface area (TPSA) is 33.1 Å². The van der Waals surface area contributed by atoms with Gasteiger partial charge in [0, 0.05) is 22.2 Å². The SMILES string of the molecule is OC(c1sccc1Cl)c1ccc(Cl)c2cccnc12. The highest BCUT2D eigenvalue weighted by atomic mass is 35.5. The smallest absolute Gasteiger partial charge is 0.117 e. The van der Waals surface area contributed by atoms with Gasteiger partial charge in [-0.25, -0.2) is 0 Å². The zero-order chi connectivity index (χ0) is 13.4. The third kappa shape index (κ3) is 2.23. The highest BCUT2D eigenvalue weighted by Gasteiger charge is 2.19. The van der Waals surface area contributed by atoms with Crippen LogP contribution in [0.15, 0.2) is 41.9 Å². The second kappa shape index (κ2) is 5.10. The lowest BCUT2D eigenvalue weighted by Gasteiger charge is -2.13. The average molecular weight is 310 g/mol. The number of thiophene rings is 1. The molecule has 1 unspecified atom stereocenters. The Kier molecular flexibility index (Phi) is 3.46. The maximum Gasteiger partial charge on any atom is 0.117 e. The molecule has 1 aromatic carbocycles. The molecule has 0 spiro atoms. The maximum absolute atomic E-state index is 10.5. The van der Waals surface area contributed by atoms with E-state index in [2.05, 4.69) is 4.98 Å². The summed E-state index contributed by atoms with van der Waals surface area (Å²) in [5.41, 5.74) is 1.41. The Bertz CT molecular complexity index is 741. The van der Waals surface area contributed by atoms with Crippen LogP contribution in [0, 0.1) is 0 Å². The first-order valence-corrected chi connectivity index (χ1v) is 7.26. The Labute approximate surface area is 124 Å². The van der Waals surface area contributed by atoms with E-state index in [0.29, 0.717) is 21.1 Å². The van der Waals surface area contributed by atoms with Gasteiger partial charge in [-0.1, -0.05) is 29.3 Å². The molecule has 1 atom stereocenters. The van der Waals surface area contributed by atoms with Crippen LogP contribution in [0.2, 0.25) is 10.0 Å². The summed E-state index contributed by atoms with van der Waals surface area (Å²) in [6.45, 7) is 0. The molecule has 0 aliphatic heterocycles. The number of benzene rings is 1. The first kappa shape index (κ1) is 12.9. The third-order valence-corrected chi connectivity index (χ3v) is 4.68. The van der Waals surface area contributed by atoms with Crippen LogP contribution in [0.1, 0.15) is 16.5 Å². The number of aliphatic hydroxyl groups is 1. The van der Waals surface area contributed by atoms with Crippen LogP contribution in [0.25, 0.3) is 10.9 Å². The molecule has 5 heteroatoms. The largest absolute Gasteiger partial charge is 0.383 e. The lowest BCUT2D eigenvalue weighted by Crippen LogP contribution is -2.00. The first-order valence-electron chi connectivity index (χ1n) is 5.62. The molecule has 0 amide bonds. The highest BCUT2D eigenvalue weighted by molar-refractivity contribution is 7.10. The molecule has 3 rings (SSSR count). The number of fused-ring (bicyclic) bond motifs is 1. The lowest BCUT2D eigenvalue weighted by molar-refractivity contribution is 0.225. The third-order valence-electron chi connectivity index (χ3n) is 2.94. The predicted molar refractivity (Wildman–Crippen MR) is 80.1 cm³/mol. The van der Waals surface area contributed by atoms with Crippen LogP contribution in [-0.4, -0.2) is 10.1 Å². The summed E-state index contributed by atoms with van der Waals surface area (Å²) in [6, 6.07) is 9.04. The number of aliphatic hydroxyl groups excluding tert-OH is 1. The number of halogens is 2. The summed E-state index contributed by atoms with van der Waals surface area (Å²) in [5, 5.41) is 14.4. The molecule has 2 aromatic heterocycles. The second-order valence-electron chi connectivity index (χ2n) is 4.07. The van der Waals surface area contributed by atoms with E-state index in [4.69, 9.17) is 23.2 Å². The van der Waals surface area contributed by atoms with Crippen molar-refractivity contribution in [1.29, 1.82) is 0 Å². The van der Waals surface area contributed by atoms with Crippen LogP contribution < -0.4 is 0 Å². The molecule has 96 valence electrons. The van der Waals surface area contributed by atoms with Crippen molar-refractivity contribution in [2.75, 3.05) is 0 Å². The summed E-state index contributed by atoms with van der Waals surface area (Å²) in [5.74, 6) is 0. The molecular weight excluding hydrogens is 301 g/mol. The van der Waals surface area contributed by atoms with E-state index in [1.54, 1.807) is 24.4 Å². The molecule has 0 aliphatic rings. The van der Waals surface area contributed by atoms with E-state index in [1.807, 2.05) is 17.5 Å². The summed E-state index contributed by atoms with van der Waals surface area (Å²) in [4.78, 5) is 5.04. The predicted octanol–water partition coefficient (Wildman–Crippen LogP) is 4.68. The summed E-state index contributed by atoms with van der Waals surface area (Å²) < 4.78 is 0. The molecule has 3 aromatic rings. The molecule has 2 heterocycles. The monoisotopic (exact) mass is 309 g/mol. The van der Waals surface area contributed by atoms with E-state index >= 15 is 0 Å². The van der Waals surface area contributed by atoms with Crippen molar-refractivity contribution in [3.8, 4) is 0 Å². The van der Waals surface area contributed by atoms with Gasteiger partial charge in [-0.3, -0.25) is 4.98 Å². The fraction of sp³-hybridized carbons (Fsp3) is 0.0714. The van der Waals surface area contributed by atoms with Crippen LogP contribution in [0.4, 0.5) is 0 Å². The van der Waals surface area contributed by atoms with Gasteiger partial charge in [0.2, 0.25) is 0 Å². The average Bonchev–Trinajstić information content (AvgIpc) is 2.85. The van der Waals surface area contributed by atoms with E-state index < -0.39 is 6.10 Å². The molecule has 0 bridgehead atoms. The van der Waals surface area contributed by atoms with Crippen molar-refractivity contribution in [2.24, 2.45) is 0 Å². The number of nitrogens with zero attached hydrogens (tertiary/aromatic N) is 1. The van der Waals surface area contributed by atoms with E-state index in [0.717, 1.165) is 10.3 Å². The fourth-order valence-corrected chi connectivity index (χ4v) is 3.40. The summed E-state index contributed by atoms with van der Waals surface area (Å²) >= 11 is 13.6. The molecule has 2 nitrogen and oxygen atoms in total. The Morgan fingerprint density at radius 2 is 1.95 bits per heavy atom. The van der Waals surface area contributed by atoms with Crippen LogP contribution in [-0.2, 0) is 0 Å². The Balaban J connectivity index is 2.21. The second-order valence-corrected chi connectivity index (χ2v) is 5.83. The molecule has 1 N–H and O–H groups in total. The first-order chi connectivity index (χ1) is 9.18. The minimum Gasteiger partial charge on any atom is -0.383 e. The molecule has 0 fully saturated rings. The minimum absolute atomic E-state index is 0.566. The van der Waals surface area contributed by atoms with Gasteiger partial charge in [0.1, 0.15) is 6.10 Å². The van der Waals surface area contributed by atoms with Crippen molar-refractivity contribution in [3.05, 3.63) is 62.4 Å². The molecule has 0 saturated carbocycles. The lowest BCUT2D eigenvalue weighted by atomic mass is 10.0. The van der Waals surface area contributed by atoms with Gasteiger partial charge in [0.05, 0.1) is 15.4 Å². The highest BCUT2D eigenvalue weighted by Crippen LogP contribution is 2.36. The van der Waals surface area contributed by atoms with E-state index in [1.165, 1.54) is 11.3 Å². The number of rotatable bonds is 2. The molecule has 0 aliphatic carbocycles. The molecular formula is C14H9Cl2NOS. The van der Waals surface area contributed by atoms with Crippen molar-refractivity contribution in [3.63, 3.8) is 0 Å². The van der Waals surface area contributed by atoms with Crippen molar-refractivity contribution in [2.45, 2.75) is 6.10 Å². The zero-order valence-corrected chi connectivity index (χ0v) is 12.0. The van der Waals surface area contributed by atoms with Crippen molar-refractivity contribution >= 4 is 45.4 Å². The Hall–Kier alpha value is -1.13. The number of aromatic nitrogens is 1. The zero-order valence-electron chi connectivity index (χ0n) is 9.68. The molecule has 19 heavy (non-hydrogen) atoms. The van der Waals surface area contributed by atoms with Gasteiger partial charge in [-0.05, 0) is 29.6 Å². The fourth-order valence-electron chi connectivity index (χ4n) is 2.02. The van der Waals surface area contributed by atoms with Crippen LogP contribution >= 0.6 is 34.5 Å². The van der Waals surface area contributed by atoms with E-state index in [-0.39, 0.29) is 0 Å². The van der Waals surface area contributed by atoms with Gasteiger partial charge in [0.25, 0.3) is 0 Å². The van der Waals surface area contributed by atoms with Crippen LogP contribution in [0.3, 0.4) is 0 Å². The van der Waals surface area contributed by atoms with Crippen molar-refractivity contribution in [1.82, 2.24) is 4.98 Å². The minimum atomic E-state index is -0.790. The van der Waals surface area contributed by atoms with Crippen molar-refractivity contribution < 1.29 is 5.11 Å². The van der Waals surface area contributed by atoms with Gasteiger partial charge in [0.15, 0.2) is 0 Å². The number of hydrogen-bond acceptors (Lipinski definition) is 3. The Morgan fingerprint density at radius 3 is 2.68 bits per heavy atom. The number of pyridine rings is 1. The molecule has 0 radical (unpaired) electrons. The normalized spacial score (nSPS) is 12.8.